The first-order chi connectivity index (χ1) is 7.93. The zero-order valence-electron chi connectivity index (χ0n) is 9.85. The van der Waals surface area contributed by atoms with E-state index in [0.717, 1.165) is 14.2 Å². The second-order valence-electron chi connectivity index (χ2n) is 3.53. The summed E-state index contributed by atoms with van der Waals surface area (Å²) in [6, 6.07) is 3.22. The molecule has 17 heavy (non-hydrogen) atoms. The molecule has 0 bridgehead atoms. The number of carbonyl (C=O) groups excluding carboxylic acids is 2. The molecule has 0 aliphatic carbocycles. The van der Waals surface area contributed by atoms with Crippen LogP contribution in [0.1, 0.15) is 11.5 Å². The Morgan fingerprint density at radius 1 is 1.29 bits per heavy atom. The maximum absolute atomic E-state index is 11.4. The van der Waals surface area contributed by atoms with E-state index in [4.69, 9.17) is 4.42 Å². The van der Waals surface area contributed by atoms with Gasteiger partial charge in [0.2, 0.25) is 0 Å². The Morgan fingerprint density at radius 2 is 1.82 bits per heavy atom. The minimum Gasteiger partial charge on any atom is -0.466 e. The van der Waals surface area contributed by atoms with Gasteiger partial charge >= 0.3 is 11.9 Å². The lowest BCUT2D eigenvalue weighted by Gasteiger charge is -2.20. The van der Waals surface area contributed by atoms with Crippen molar-refractivity contribution in [2.45, 2.75) is 18.9 Å². The second-order valence-corrected chi connectivity index (χ2v) is 3.53. The lowest BCUT2D eigenvalue weighted by molar-refractivity contribution is -0.180. The first-order valence-corrected chi connectivity index (χ1v) is 4.88. The molecule has 0 unspecified atom stereocenters. The van der Waals surface area contributed by atoms with Crippen LogP contribution >= 0.6 is 0 Å². The fourth-order valence-corrected chi connectivity index (χ4v) is 1.40. The molecule has 0 aliphatic rings. The summed E-state index contributed by atoms with van der Waals surface area (Å²) in [6.45, 7) is 1.71. The highest BCUT2D eigenvalue weighted by Crippen LogP contribution is 2.19. The molecule has 1 N–H and O–H groups in total. The van der Waals surface area contributed by atoms with Crippen LogP contribution in [0, 0.1) is 6.92 Å². The molecule has 0 atom stereocenters. The van der Waals surface area contributed by atoms with Crippen LogP contribution in [0.5, 0.6) is 0 Å². The van der Waals surface area contributed by atoms with E-state index in [1.165, 1.54) is 0 Å². The average Bonchev–Trinajstić information content (AvgIpc) is 2.72. The van der Waals surface area contributed by atoms with Crippen molar-refractivity contribution in [3.8, 4) is 0 Å². The molecule has 0 aromatic carbocycles. The van der Waals surface area contributed by atoms with E-state index < -0.39 is 17.5 Å². The molecular weight excluding hydrogens is 228 g/mol. The van der Waals surface area contributed by atoms with Gasteiger partial charge in [0.25, 0.3) is 5.60 Å². The molecule has 1 aromatic heterocycles. The van der Waals surface area contributed by atoms with Crippen molar-refractivity contribution in [2.24, 2.45) is 0 Å². The quantitative estimate of drug-likeness (QED) is 0.600. The van der Waals surface area contributed by atoms with Gasteiger partial charge in [-0.2, -0.15) is 0 Å². The van der Waals surface area contributed by atoms with Gasteiger partial charge in [0.1, 0.15) is 11.5 Å². The fraction of sp³-hybridized carbons (Fsp3) is 0.455. The highest BCUT2D eigenvalue weighted by molar-refractivity contribution is 6.03. The molecule has 6 nitrogen and oxygen atoms in total. The third-order valence-electron chi connectivity index (χ3n) is 2.27. The molecule has 1 rings (SSSR count). The number of furan rings is 1. The van der Waals surface area contributed by atoms with Crippen molar-refractivity contribution in [3.05, 3.63) is 23.7 Å². The van der Waals surface area contributed by atoms with Crippen molar-refractivity contribution < 1.29 is 28.6 Å². The van der Waals surface area contributed by atoms with Gasteiger partial charge in [-0.1, -0.05) is 0 Å². The first kappa shape index (κ1) is 13.2. The Bertz CT molecular complexity index is 403. The Hall–Kier alpha value is -1.82. The topological polar surface area (TPSA) is 86.0 Å². The van der Waals surface area contributed by atoms with Crippen LogP contribution in [0.25, 0.3) is 0 Å². The van der Waals surface area contributed by atoms with Crippen LogP contribution in [0.3, 0.4) is 0 Å². The Kier molecular flexibility index (Phi) is 3.90. The molecule has 6 heteroatoms. The monoisotopic (exact) mass is 242 g/mol. The summed E-state index contributed by atoms with van der Waals surface area (Å²) < 4.78 is 14.0. The number of ether oxygens (including phenoxy) is 2. The SMILES string of the molecule is COC(=O)C(O)(Cc1ccc(C)o1)C(=O)OC. The zero-order valence-corrected chi connectivity index (χ0v) is 9.85. The van der Waals surface area contributed by atoms with Gasteiger partial charge in [0.05, 0.1) is 20.6 Å². The van der Waals surface area contributed by atoms with Crippen molar-refractivity contribution in [1.29, 1.82) is 0 Å². The molecule has 1 aromatic rings. The number of rotatable bonds is 4. The molecule has 0 saturated carbocycles. The summed E-state index contributed by atoms with van der Waals surface area (Å²) in [7, 11) is 2.15. The average molecular weight is 242 g/mol. The van der Waals surface area contributed by atoms with Crippen LogP contribution in [-0.4, -0.2) is 36.9 Å². The number of esters is 2. The third-order valence-corrected chi connectivity index (χ3v) is 2.27. The van der Waals surface area contributed by atoms with E-state index in [1.54, 1.807) is 19.1 Å². The van der Waals surface area contributed by atoms with Gasteiger partial charge < -0.3 is 19.0 Å². The predicted molar refractivity (Wildman–Crippen MR) is 56.1 cm³/mol. The molecule has 0 saturated heterocycles. The van der Waals surface area contributed by atoms with Crippen molar-refractivity contribution in [1.82, 2.24) is 0 Å². The minimum atomic E-state index is -2.38. The molecule has 1 heterocycles. The maximum Gasteiger partial charge on any atom is 0.350 e. The summed E-state index contributed by atoms with van der Waals surface area (Å²) in [6.07, 6.45) is -0.333. The van der Waals surface area contributed by atoms with Crippen molar-refractivity contribution in [2.75, 3.05) is 14.2 Å². The largest absolute Gasteiger partial charge is 0.466 e. The van der Waals surface area contributed by atoms with Crippen molar-refractivity contribution >= 4 is 11.9 Å². The van der Waals surface area contributed by atoms with E-state index in [2.05, 4.69) is 9.47 Å². The van der Waals surface area contributed by atoms with Gasteiger partial charge in [-0.05, 0) is 19.1 Å². The highest BCUT2D eigenvalue weighted by Gasteiger charge is 2.47. The van der Waals surface area contributed by atoms with E-state index in [9.17, 15) is 14.7 Å². The Morgan fingerprint density at radius 3 is 2.18 bits per heavy atom. The Balaban J connectivity index is 2.99. The number of aryl methyl sites for hydroxylation is 1. The van der Waals surface area contributed by atoms with Gasteiger partial charge in [-0.25, -0.2) is 9.59 Å². The summed E-state index contributed by atoms with van der Waals surface area (Å²) in [5, 5.41) is 10.0. The number of carbonyl (C=O) groups is 2. The summed E-state index contributed by atoms with van der Waals surface area (Å²) >= 11 is 0. The summed E-state index contributed by atoms with van der Waals surface area (Å²) in [5.74, 6) is -1.27. The number of hydrogen-bond donors (Lipinski definition) is 1. The molecular formula is C11H14O6. The molecule has 0 spiro atoms. The molecule has 0 aliphatic heterocycles. The van der Waals surface area contributed by atoms with Crippen LogP contribution < -0.4 is 0 Å². The zero-order chi connectivity index (χ0) is 13.1. The fourth-order valence-electron chi connectivity index (χ4n) is 1.40. The minimum absolute atomic E-state index is 0.292. The van der Waals surface area contributed by atoms with E-state index in [1.807, 2.05) is 0 Å². The first-order valence-electron chi connectivity index (χ1n) is 4.88. The summed E-state index contributed by atoms with van der Waals surface area (Å²) in [4.78, 5) is 22.9. The third kappa shape index (κ3) is 2.65. The lowest BCUT2D eigenvalue weighted by atomic mass is 9.98. The van der Waals surface area contributed by atoms with Crippen LogP contribution in [0.2, 0.25) is 0 Å². The number of methoxy groups -OCH3 is 2. The highest BCUT2D eigenvalue weighted by atomic mass is 16.6. The van der Waals surface area contributed by atoms with Gasteiger partial charge in [0.15, 0.2) is 0 Å². The molecule has 0 amide bonds. The molecule has 94 valence electrons. The standard InChI is InChI=1S/C11H14O6/c1-7-4-5-8(17-7)6-11(14,9(12)15-2)10(13)16-3/h4-5,14H,6H2,1-3H3. The van der Waals surface area contributed by atoms with Crippen LogP contribution in [-0.2, 0) is 25.5 Å². The van der Waals surface area contributed by atoms with E-state index in [-0.39, 0.29) is 6.42 Å². The molecule has 0 fully saturated rings. The molecule has 0 radical (unpaired) electrons. The smallest absolute Gasteiger partial charge is 0.350 e. The maximum atomic E-state index is 11.4. The predicted octanol–water partition coefficient (Wildman–Crippen LogP) is 0.208. The Labute approximate surface area is 98.1 Å². The second kappa shape index (κ2) is 5.01. The van der Waals surface area contributed by atoms with Crippen LogP contribution in [0.4, 0.5) is 0 Å². The van der Waals surface area contributed by atoms with Crippen LogP contribution in [0.15, 0.2) is 16.5 Å². The van der Waals surface area contributed by atoms with Gasteiger partial charge in [-0.3, -0.25) is 0 Å². The number of aliphatic hydroxyl groups is 1. The van der Waals surface area contributed by atoms with E-state index >= 15 is 0 Å². The summed E-state index contributed by atoms with van der Waals surface area (Å²) in [5.41, 5.74) is -2.38. The lowest BCUT2D eigenvalue weighted by Crippen LogP contribution is -2.50. The van der Waals surface area contributed by atoms with Crippen molar-refractivity contribution in [3.63, 3.8) is 0 Å². The number of hydrogen-bond acceptors (Lipinski definition) is 6. The van der Waals surface area contributed by atoms with Gasteiger partial charge in [0, 0.05) is 0 Å². The van der Waals surface area contributed by atoms with E-state index in [0.29, 0.717) is 11.5 Å². The van der Waals surface area contributed by atoms with Gasteiger partial charge in [-0.15, -0.1) is 0 Å². The normalized spacial score (nSPS) is 11.1.